The van der Waals surface area contributed by atoms with Crippen LogP contribution in [0.25, 0.3) is 11.0 Å². The van der Waals surface area contributed by atoms with E-state index in [0.29, 0.717) is 11.6 Å². The molecule has 0 saturated heterocycles. The first kappa shape index (κ1) is 11.7. The van der Waals surface area contributed by atoms with Gasteiger partial charge in [0.25, 0.3) is 0 Å². The predicted molar refractivity (Wildman–Crippen MR) is 69.8 cm³/mol. The largest absolute Gasteiger partial charge is 0.323 e. The molecule has 0 bridgehead atoms. The third kappa shape index (κ3) is 1.72. The summed E-state index contributed by atoms with van der Waals surface area (Å²) in [6.45, 7) is 4.04. The molecule has 2 aromatic rings. The summed E-state index contributed by atoms with van der Waals surface area (Å²) in [5.74, 6) is 0.637. The molecule has 0 spiro atoms. The maximum absolute atomic E-state index is 13.3. The van der Waals surface area contributed by atoms with Crippen molar-refractivity contribution in [3.8, 4) is 0 Å². The number of benzene rings is 1. The summed E-state index contributed by atoms with van der Waals surface area (Å²) in [7, 11) is 0. The number of halogens is 1. The molecule has 2 N–H and O–H groups in total. The van der Waals surface area contributed by atoms with Crippen molar-refractivity contribution in [1.82, 2.24) is 9.55 Å². The van der Waals surface area contributed by atoms with Crippen LogP contribution >= 0.6 is 0 Å². The Hall–Kier alpha value is -1.42. The zero-order valence-corrected chi connectivity index (χ0v) is 10.8. The number of nitrogens with zero attached hydrogens (tertiary/aromatic N) is 2. The Balaban J connectivity index is 2.27. The number of imidazole rings is 1. The maximum atomic E-state index is 13.3. The van der Waals surface area contributed by atoms with Crippen molar-refractivity contribution in [3.05, 3.63) is 29.8 Å². The van der Waals surface area contributed by atoms with Crippen LogP contribution in [0.15, 0.2) is 18.2 Å². The second-order valence-corrected chi connectivity index (χ2v) is 5.44. The average molecular weight is 247 g/mol. The van der Waals surface area contributed by atoms with E-state index in [4.69, 9.17) is 5.73 Å². The summed E-state index contributed by atoms with van der Waals surface area (Å²) in [4.78, 5) is 4.58. The second-order valence-electron chi connectivity index (χ2n) is 5.44. The number of rotatable bonds is 3. The zero-order chi connectivity index (χ0) is 12.9. The van der Waals surface area contributed by atoms with Gasteiger partial charge in [-0.3, -0.25) is 0 Å². The van der Waals surface area contributed by atoms with E-state index in [1.54, 1.807) is 0 Å². The highest BCUT2D eigenvalue weighted by atomic mass is 19.1. The van der Waals surface area contributed by atoms with Crippen molar-refractivity contribution >= 4 is 11.0 Å². The first-order valence-electron chi connectivity index (χ1n) is 6.50. The fourth-order valence-electron chi connectivity index (χ4n) is 2.34. The standard InChI is InChI=1S/C14H18FN3/c1-3-14(2,16)13-17-11-8-9(15)4-7-12(11)18(13)10-5-6-10/h4,7-8,10H,3,5-6,16H2,1-2H3. The van der Waals surface area contributed by atoms with Gasteiger partial charge in [0.1, 0.15) is 11.6 Å². The van der Waals surface area contributed by atoms with Gasteiger partial charge in [-0.2, -0.15) is 0 Å². The van der Waals surface area contributed by atoms with E-state index in [1.807, 2.05) is 13.0 Å². The van der Waals surface area contributed by atoms with Gasteiger partial charge < -0.3 is 10.3 Å². The lowest BCUT2D eigenvalue weighted by Gasteiger charge is -2.23. The predicted octanol–water partition coefficient (Wildman–Crippen LogP) is 3.09. The van der Waals surface area contributed by atoms with Crippen molar-refractivity contribution in [1.29, 1.82) is 0 Å². The van der Waals surface area contributed by atoms with Crippen LogP contribution < -0.4 is 5.73 Å². The molecule has 18 heavy (non-hydrogen) atoms. The van der Waals surface area contributed by atoms with E-state index in [0.717, 1.165) is 30.6 Å². The molecule has 1 saturated carbocycles. The van der Waals surface area contributed by atoms with E-state index in [-0.39, 0.29) is 5.82 Å². The van der Waals surface area contributed by atoms with Gasteiger partial charge in [0.2, 0.25) is 0 Å². The lowest BCUT2D eigenvalue weighted by molar-refractivity contribution is 0.424. The number of aromatic nitrogens is 2. The van der Waals surface area contributed by atoms with Crippen LogP contribution in [0.4, 0.5) is 4.39 Å². The summed E-state index contributed by atoms with van der Waals surface area (Å²) in [5.41, 5.74) is 7.58. The van der Waals surface area contributed by atoms with E-state index < -0.39 is 5.54 Å². The Morgan fingerprint density at radius 2 is 2.22 bits per heavy atom. The maximum Gasteiger partial charge on any atom is 0.130 e. The van der Waals surface area contributed by atoms with E-state index >= 15 is 0 Å². The zero-order valence-electron chi connectivity index (χ0n) is 10.8. The number of hydrogen-bond acceptors (Lipinski definition) is 2. The molecule has 3 rings (SSSR count). The highest BCUT2D eigenvalue weighted by Crippen LogP contribution is 2.41. The quantitative estimate of drug-likeness (QED) is 0.905. The van der Waals surface area contributed by atoms with Gasteiger partial charge in [0, 0.05) is 12.1 Å². The van der Waals surface area contributed by atoms with Crippen molar-refractivity contribution in [3.63, 3.8) is 0 Å². The van der Waals surface area contributed by atoms with Gasteiger partial charge in [-0.25, -0.2) is 9.37 Å². The topological polar surface area (TPSA) is 43.8 Å². The van der Waals surface area contributed by atoms with E-state index in [2.05, 4.69) is 16.5 Å². The molecule has 1 heterocycles. The normalized spacial score (nSPS) is 19.1. The smallest absolute Gasteiger partial charge is 0.130 e. The SMILES string of the molecule is CCC(C)(N)c1nc2cc(F)ccc2n1C1CC1. The van der Waals surface area contributed by atoms with Crippen molar-refractivity contribution in [2.45, 2.75) is 44.7 Å². The second kappa shape index (κ2) is 3.79. The van der Waals surface area contributed by atoms with Crippen LogP contribution in [0.1, 0.15) is 45.0 Å². The van der Waals surface area contributed by atoms with E-state index in [9.17, 15) is 4.39 Å². The van der Waals surface area contributed by atoms with Gasteiger partial charge in [0.15, 0.2) is 0 Å². The minimum atomic E-state index is -0.460. The summed E-state index contributed by atoms with van der Waals surface area (Å²) >= 11 is 0. The van der Waals surface area contributed by atoms with Crippen LogP contribution in [0, 0.1) is 5.82 Å². The molecule has 1 aliphatic rings. The molecule has 1 aliphatic carbocycles. The fourth-order valence-corrected chi connectivity index (χ4v) is 2.34. The highest BCUT2D eigenvalue weighted by Gasteiger charge is 2.34. The van der Waals surface area contributed by atoms with Gasteiger partial charge in [-0.15, -0.1) is 0 Å². The van der Waals surface area contributed by atoms with Gasteiger partial charge in [-0.1, -0.05) is 6.92 Å². The third-order valence-corrected chi connectivity index (χ3v) is 3.81. The van der Waals surface area contributed by atoms with Crippen LogP contribution in [0.3, 0.4) is 0 Å². The molecule has 1 fully saturated rings. The van der Waals surface area contributed by atoms with Crippen molar-refractivity contribution in [2.24, 2.45) is 5.73 Å². The summed E-state index contributed by atoms with van der Waals surface area (Å²) < 4.78 is 15.5. The number of hydrogen-bond donors (Lipinski definition) is 1. The molecule has 1 unspecified atom stereocenters. The molecule has 0 amide bonds. The first-order valence-corrected chi connectivity index (χ1v) is 6.50. The molecule has 1 aromatic heterocycles. The van der Waals surface area contributed by atoms with Crippen LogP contribution in [-0.4, -0.2) is 9.55 Å². The Morgan fingerprint density at radius 3 is 2.83 bits per heavy atom. The van der Waals surface area contributed by atoms with Crippen LogP contribution in [-0.2, 0) is 5.54 Å². The molecule has 4 heteroatoms. The molecular formula is C14H18FN3. The van der Waals surface area contributed by atoms with Gasteiger partial charge >= 0.3 is 0 Å². The van der Waals surface area contributed by atoms with Crippen molar-refractivity contribution in [2.75, 3.05) is 0 Å². The van der Waals surface area contributed by atoms with Crippen LogP contribution in [0.5, 0.6) is 0 Å². The monoisotopic (exact) mass is 247 g/mol. The molecule has 0 aliphatic heterocycles. The Labute approximate surface area is 106 Å². The minimum absolute atomic E-state index is 0.246. The average Bonchev–Trinajstić information content (AvgIpc) is 3.09. The Morgan fingerprint density at radius 1 is 1.50 bits per heavy atom. The Kier molecular flexibility index (Phi) is 2.45. The third-order valence-electron chi connectivity index (χ3n) is 3.81. The van der Waals surface area contributed by atoms with E-state index in [1.165, 1.54) is 12.1 Å². The molecular weight excluding hydrogens is 229 g/mol. The highest BCUT2D eigenvalue weighted by molar-refractivity contribution is 5.76. The number of nitrogens with two attached hydrogens (primary N) is 1. The molecule has 1 aromatic carbocycles. The molecule has 96 valence electrons. The molecule has 1 atom stereocenters. The summed E-state index contributed by atoms with van der Waals surface area (Å²) in [6, 6.07) is 5.28. The van der Waals surface area contributed by atoms with Crippen molar-refractivity contribution < 1.29 is 4.39 Å². The Bertz CT molecular complexity index is 596. The molecule has 3 nitrogen and oxygen atoms in total. The number of fused-ring (bicyclic) bond motifs is 1. The van der Waals surface area contributed by atoms with Gasteiger partial charge in [0.05, 0.1) is 16.6 Å². The van der Waals surface area contributed by atoms with Gasteiger partial charge in [-0.05, 0) is 38.3 Å². The first-order chi connectivity index (χ1) is 8.53. The fraction of sp³-hybridized carbons (Fsp3) is 0.500. The lowest BCUT2D eigenvalue weighted by Crippen LogP contribution is -2.35. The lowest BCUT2D eigenvalue weighted by atomic mass is 9.99. The minimum Gasteiger partial charge on any atom is -0.323 e. The molecule has 0 radical (unpaired) electrons. The van der Waals surface area contributed by atoms with Crippen LogP contribution in [0.2, 0.25) is 0 Å². The summed E-state index contributed by atoms with van der Waals surface area (Å²) in [6.07, 6.45) is 3.14. The summed E-state index contributed by atoms with van der Waals surface area (Å²) in [5, 5.41) is 0.